The maximum atomic E-state index is 5.41. The predicted molar refractivity (Wildman–Crippen MR) is 75.3 cm³/mol. The number of pyridine rings is 1. The molecule has 2 atom stereocenters. The number of thiophene rings is 1. The molecule has 0 aliphatic carbocycles. The SMILES string of the molecule is CNC(c1sccc1OC)C(C)c1ccncc1. The van der Waals surface area contributed by atoms with Gasteiger partial charge in [0, 0.05) is 18.3 Å². The van der Waals surface area contributed by atoms with Gasteiger partial charge in [-0.3, -0.25) is 4.98 Å². The molecule has 96 valence electrons. The van der Waals surface area contributed by atoms with Crippen LogP contribution in [0.25, 0.3) is 0 Å². The van der Waals surface area contributed by atoms with E-state index < -0.39 is 0 Å². The van der Waals surface area contributed by atoms with Crippen LogP contribution in [-0.2, 0) is 0 Å². The molecular formula is C14H18N2OS. The quantitative estimate of drug-likeness (QED) is 0.898. The lowest BCUT2D eigenvalue weighted by molar-refractivity contribution is 0.399. The molecule has 0 saturated heterocycles. The van der Waals surface area contributed by atoms with Gasteiger partial charge in [-0.25, -0.2) is 0 Å². The van der Waals surface area contributed by atoms with Crippen LogP contribution in [0.1, 0.15) is 29.3 Å². The van der Waals surface area contributed by atoms with E-state index in [0.717, 1.165) is 5.75 Å². The van der Waals surface area contributed by atoms with E-state index in [1.807, 2.05) is 25.5 Å². The fourth-order valence-electron chi connectivity index (χ4n) is 2.17. The van der Waals surface area contributed by atoms with Gasteiger partial charge in [0.2, 0.25) is 0 Å². The molecular weight excluding hydrogens is 244 g/mol. The molecule has 0 fully saturated rings. The Balaban J connectivity index is 2.29. The van der Waals surface area contributed by atoms with Gasteiger partial charge in [-0.1, -0.05) is 6.92 Å². The Hall–Kier alpha value is -1.39. The zero-order chi connectivity index (χ0) is 13.0. The summed E-state index contributed by atoms with van der Waals surface area (Å²) in [5, 5.41) is 5.45. The Kier molecular flexibility index (Phi) is 4.33. The Bertz CT molecular complexity index is 484. The van der Waals surface area contributed by atoms with E-state index in [9.17, 15) is 0 Å². The predicted octanol–water partition coefficient (Wildman–Crippen LogP) is 3.22. The molecule has 0 radical (unpaired) electrons. The van der Waals surface area contributed by atoms with Gasteiger partial charge in [0.05, 0.1) is 18.0 Å². The van der Waals surface area contributed by atoms with Crippen LogP contribution >= 0.6 is 11.3 Å². The summed E-state index contributed by atoms with van der Waals surface area (Å²) in [4.78, 5) is 5.31. The van der Waals surface area contributed by atoms with E-state index in [-0.39, 0.29) is 6.04 Å². The summed E-state index contributed by atoms with van der Waals surface area (Å²) in [6, 6.07) is 6.40. The van der Waals surface area contributed by atoms with Crippen molar-refractivity contribution >= 4 is 11.3 Å². The number of hydrogen-bond acceptors (Lipinski definition) is 4. The molecule has 3 nitrogen and oxygen atoms in total. The van der Waals surface area contributed by atoms with Crippen molar-refractivity contribution in [3.63, 3.8) is 0 Å². The number of nitrogens with zero attached hydrogens (tertiary/aromatic N) is 1. The molecule has 2 heterocycles. The number of rotatable bonds is 5. The second-order valence-electron chi connectivity index (χ2n) is 4.19. The van der Waals surface area contributed by atoms with E-state index in [0.29, 0.717) is 5.92 Å². The number of nitrogens with one attached hydrogen (secondary N) is 1. The van der Waals surface area contributed by atoms with E-state index >= 15 is 0 Å². The molecule has 2 aromatic rings. The molecule has 0 bridgehead atoms. The van der Waals surface area contributed by atoms with Gasteiger partial charge >= 0.3 is 0 Å². The zero-order valence-electron chi connectivity index (χ0n) is 10.9. The third-order valence-corrected chi connectivity index (χ3v) is 4.18. The fourth-order valence-corrected chi connectivity index (χ4v) is 3.25. The van der Waals surface area contributed by atoms with E-state index in [2.05, 4.69) is 34.7 Å². The highest BCUT2D eigenvalue weighted by atomic mass is 32.1. The Morgan fingerprint density at radius 1 is 1.28 bits per heavy atom. The Morgan fingerprint density at radius 3 is 2.61 bits per heavy atom. The first kappa shape index (κ1) is 13.1. The van der Waals surface area contributed by atoms with Gasteiger partial charge in [-0.15, -0.1) is 11.3 Å². The van der Waals surface area contributed by atoms with Crippen LogP contribution in [0.3, 0.4) is 0 Å². The molecule has 2 aromatic heterocycles. The number of aromatic nitrogens is 1. The summed E-state index contributed by atoms with van der Waals surface area (Å²) in [5.74, 6) is 1.32. The smallest absolute Gasteiger partial charge is 0.134 e. The van der Waals surface area contributed by atoms with Crippen LogP contribution < -0.4 is 10.1 Å². The lowest BCUT2D eigenvalue weighted by atomic mass is 9.93. The largest absolute Gasteiger partial charge is 0.496 e. The summed E-state index contributed by atoms with van der Waals surface area (Å²) < 4.78 is 5.41. The van der Waals surface area contributed by atoms with Crippen molar-refractivity contribution in [2.75, 3.05) is 14.2 Å². The highest BCUT2D eigenvalue weighted by Crippen LogP contribution is 2.38. The normalized spacial score (nSPS) is 14.2. The number of hydrogen-bond donors (Lipinski definition) is 1. The van der Waals surface area contributed by atoms with Crippen molar-refractivity contribution in [2.24, 2.45) is 0 Å². The van der Waals surface area contributed by atoms with Crippen LogP contribution in [0, 0.1) is 0 Å². The summed E-state index contributed by atoms with van der Waals surface area (Å²) in [5.41, 5.74) is 1.28. The molecule has 2 rings (SSSR count). The van der Waals surface area contributed by atoms with E-state index in [4.69, 9.17) is 4.74 Å². The minimum Gasteiger partial charge on any atom is -0.496 e. The topological polar surface area (TPSA) is 34.1 Å². The molecule has 4 heteroatoms. The number of ether oxygens (including phenoxy) is 1. The van der Waals surface area contributed by atoms with Crippen molar-refractivity contribution in [1.82, 2.24) is 10.3 Å². The third-order valence-electron chi connectivity index (χ3n) is 3.20. The molecule has 18 heavy (non-hydrogen) atoms. The second-order valence-corrected chi connectivity index (χ2v) is 5.14. The highest BCUT2D eigenvalue weighted by molar-refractivity contribution is 7.10. The summed E-state index contributed by atoms with van der Waals surface area (Å²) in [6.45, 7) is 2.22. The first-order valence-corrected chi connectivity index (χ1v) is 6.84. The van der Waals surface area contributed by atoms with Crippen LogP contribution in [0.2, 0.25) is 0 Å². The number of likely N-dealkylation sites (N-methyl/N-ethyl adjacent to an activating group) is 1. The molecule has 0 spiro atoms. The van der Waals surface area contributed by atoms with Gasteiger partial charge in [-0.05, 0) is 36.2 Å². The molecule has 0 aliphatic rings. The molecule has 0 amide bonds. The lowest BCUT2D eigenvalue weighted by Crippen LogP contribution is -2.21. The van der Waals surface area contributed by atoms with E-state index in [1.165, 1.54) is 10.4 Å². The maximum Gasteiger partial charge on any atom is 0.134 e. The van der Waals surface area contributed by atoms with Crippen LogP contribution in [0.4, 0.5) is 0 Å². The second kappa shape index (κ2) is 5.98. The molecule has 0 aliphatic heterocycles. The fraction of sp³-hybridized carbons (Fsp3) is 0.357. The molecule has 1 N–H and O–H groups in total. The highest BCUT2D eigenvalue weighted by Gasteiger charge is 2.23. The lowest BCUT2D eigenvalue weighted by Gasteiger charge is -2.23. The third kappa shape index (κ3) is 2.54. The monoisotopic (exact) mass is 262 g/mol. The minimum absolute atomic E-state index is 0.252. The Morgan fingerprint density at radius 2 is 2.00 bits per heavy atom. The van der Waals surface area contributed by atoms with Crippen molar-refractivity contribution in [2.45, 2.75) is 18.9 Å². The van der Waals surface area contributed by atoms with Gasteiger partial charge in [0.1, 0.15) is 5.75 Å². The molecule has 0 saturated carbocycles. The zero-order valence-corrected chi connectivity index (χ0v) is 11.7. The molecule has 2 unspecified atom stereocenters. The minimum atomic E-state index is 0.252. The number of methoxy groups -OCH3 is 1. The van der Waals surface area contributed by atoms with Gasteiger partial charge < -0.3 is 10.1 Å². The van der Waals surface area contributed by atoms with Crippen LogP contribution in [0.5, 0.6) is 5.75 Å². The van der Waals surface area contributed by atoms with Crippen molar-refractivity contribution < 1.29 is 4.74 Å². The van der Waals surface area contributed by atoms with Gasteiger partial charge in [-0.2, -0.15) is 0 Å². The van der Waals surface area contributed by atoms with Crippen molar-refractivity contribution in [1.29, 1.82) is 0 Å². The summed E-state index contributed by atoms with van der Waals surface area (Å²) in [6.07, 6.45) is 3.68. The van der Waals surface area contributed by atoms with Gasteiger partial charge in [0.25, 0.3) is 0 Å². The average Bonchev–Trinajstić information content (AvgIpc) is 2.89. The Labute approximate surface area is 112 Å². The van der Waals surface area contributed by atoms with Gasteiger partial charge in [0.15, 0.2) is 0 Å². The summed E-state index contributed by atoms with van der Waals surface area (Å²) >= 11 is 1.73. The van der Waals surface area contributed by atoms with Crippen molar-refractivity contribution in [3.05, 3.63) is 46.4 Å². The first-order chi connectivity index (χ1) is 8.77. The summed E-state index contributed by atoms with van der Waals surface area (Å²) in [7, 11) is 3.71. The molecule has 0 aromatic carbocycles. The first-order valence-electron chi connectivity index (χ1n) is 5.96. The van der Waals surface area contributed by atoms with Crippen LogP contribution in [0.15, 0.2) is 36.0 Å². The maximum absolute atomic E-state index is 5.41. The average molecular weight is 262 g/mol. The van der Waals surface area contributed by atoms with Crippen molar-refractivity contribution in [3.8, 4) is 5.75 Å². The van der Waals surface area contributed by atoms with Crippen LogP contribution in [-0.4, -0.2) is 19.1 Å². The standard InChI is InChI=1S/C14H18N2OS/c1-10(11-4-7-16-8-5-11)13(15-2)14-12(17-3)6-9-18-14/h4-10,13,15H,1-3H3. The van der Waals surface area contributed by atoms with E-state index in [1.54, 1.807) is 18.4 Å².